The Morgan fingerprint density at radius 2 is 1.89 bits per heavy atom. The Bertz CT molecular complexity index is 607. The number of guanidine groups is 1. The lowest BCUT2D eigenvalue weighted by molar-refractivity contribution is -0.132. The summed E-state index contributed by atoms with van der Waals surface area (Å²) in [6.07, 6.45) is -1.28. The highest BCUT2D eigenvalue weighted by molar-refractivity contribution is 14.0. The Labute approximate surface area is 183 Å². The van der Waals surface area contributed by atoms with Crippen molar-refractivity contribution in [1.29, 1.82) is 0 Å². The van der Waals surface area contributed by atoms with Crippen molar-refractivity contribution in [2.24, 2.45) is 4.99 Å². The number of aliphatic imine (C=N–C) groups is 1. The van der Waals surface area contributed by atoms with Gasteiger partial charge in [0.25, 0.3) is 0 Å². The Morgan fingerprint density at radius 3 is 2.54 bits per heavy atom. The highest BCUT2D eigenvalue weighted by atomic mass is 127. The van der Waals surface area contributed by atoms with Crippen molar-refractivity contribution in [1.82, 2.24) is 15.5 Å². The molecule has 1 atom stereocenters. The van der Waals surface area contributed by atoms with Gasteiger partial charge in [0.15, 0.2) is 5.96 Å². The summed E-state index contributed by atoms with van der Waals surface area (Å²) < 4.78 is 37.0. The number of benzene rings is 1. The summed E-state index contributed by atoms with van der Waals surface area (Å²) in [7, 11) is 0. The second-order valence-electron chi connectivity index (χ2n) is 7.07. The molecule has 4 nitrogen and oxygen atoms in total. The number of nitrogens with zero attached hydrogens (tertiary/aromatic N) is 2. The van der Waals surface area contributed by atoms with Gasteiger partial charge in [-0.1, -0.05) is 30.7 Å². The topological polar surface area (TPSA) is 39.7 Å². The molecule has 1 saturated heterocycles. The Balaban J connectivity index is 0.00000392. The van der Waals surface area contributed by atoms with Crippen molar-refractivity contribution in [3.8, 4) is 0 Å². The van der Waals surface area contributed by atoms with Crippen LogP contribution >= 0.6 is 24.0 Å². The molecule has 2 N–H and O–H groups in total. The SMILES string of the molecule is CCNC(=NCc1ccccc1CN1CCCCC1C)NCCC(F)(F)F.I. The molecular formula is C20H32F3IN4. The molecular weight excluding hydrogens is 480 g/mol. The van der Waals surface area contributed by atoms with Gasteiger partial charge in [-0.15, -0.1) is 24.0 Å². The largest absolute Gasteiger partial charge is 0.390 e. The highest BCUT2D eigenvalue weighted by Gasteiger charge is 2.26. The van der Waals surface area contributed by atoms with Crippen LogP contribution in [0.3, 0.4) is 0 Å². The van der Waals surface area contributed by atoms with E-state index in [1.807, 2.05) is 25.1 Å². The minimum atomic E-state index is -4.16. The van der Waals surface area contributed by atoms with Crippen LogP contribution in [0.5, 0.6) is 0 Å². The first kappa shape index (κ1) is 25.0. The fourth-order valence-electron chi connectivity index (χ4n) is 3.31. The number of halogens is 4. The van der Waals surface area contributed by atoms with E-state index in [1.165, 1.54) is 24.8 Å². The fraction of sp³-hybridized carbons (Fsp3) is 0.650. The van der Waals surface area contributed by atoms with E-state index >= 15 is 0 Å². The van der Waals surface area contributed by atoms with Gasteiger partial charge >= 0.3 is 6.18 Å². The van der Waals surface area contributed by atoms with Crippen LogP contribution in [0, 0.1) is 0 Å². The van der Waals surface area contributed by atoms with E-state index in [-0.39, 0.29) is 30.5 Å². The van der Waals surface area contributed by atoms with E-state index in [0.29, 0.717) is 25.1 Å². The second kappa shape index (κ2) is 12.5. The van der Waals surface area contributed by atoms with Crippen LogP contribution < -0.4 is 10.6 Å². The smallest absolute Gasteiger partial charge is 0.357 e. The Morgan fingerprint density at radius 1 is 1.18 bits per heavy atom. The minimum absolute atomic E-state index is 0. The van der Waals surface area contributed by atoms with E-state index in [4.69, 9.17) is 0 Å². The molecule has 1 aromatic carbocycles. The molecule has 0 radical (unpaired) electrons. The van der Waals surface area contributed by atoms with E-state index < -0.39 is 12.6 Å². The highest BCUT2D eigenvalue weighted by Crippen LogP contribution is 2.21. The number of rotatable bonds is 7. The maximum Gasteiger partial charge on any atom is 0.390 e. The zero-order valence-electron chi connectivity index (χ0n) is 16.7. The average molecular weight is 512 g/mol. The third-order valence-corrected chi connectivity index (χ3v) is 4.89. The van der Waals surface area contributed by atoms with Crippen molar-refractivity contribution >= 4 is 29.9 Å². The van der Waals surface area contributed by atoms with E-state index in [0.717, 1.165) is 18.7 Å². The lowest BCUT2D eigenvalue weighted by atomic mass is 10.0. The molecule has 1 unspecified atom stereocenters. The lowest BCUT2D eigenvalue weighted by Gasteiger charge is -2.33. The summed E-state index contributed by atoms with van der Waals surface area (Å²) >= 11 is 0. The van der Waals surface area contributed by atoms with Gasteiger partial charge in [0.1, 0.15) is 0 Å². The van der Waals surface area contributed by atoms with Crippen LogP contribution in [0.1, 0.15) is 50.7 Å². The number of piperidine rings is 1. The molecule has 160 valence electrons. The summed E-state index contributed by atoms with van der Waals surface area (Å²) in [4.78, 5) is 6.98. The zero-order chi connectivity index (χ0) is 19.7. The Kier molecular flexibility index (Phi) is 11.2. The molecule has 0 saturated carbocycles. The fourth-order valence-corrected chi connectivity index (χ4v) is 3.31. The van der Waals surface area contributed by atoms with Crippen LogP contribution in [0.2, 0.25) is 0 Å². The van der Waals surface area contributed by atoms with Crippen molar-refractivity contribution < 1.29 is 13.2 Å². The number of hydrogen-bond acceptors (Lipinski definition) is 2. The number of alkyl halides is 3. The zero-order valence-corrected chi connectivity index (χ0v) is 19.0. The van der Waals surface area contributed by atoms with Crippen LogP contribution in [0.4, 0.5) is 13.2 Å². The number of likely N-dealkylation sites (tertiary alicyclic amines) is 1. The van der Waals surface area contributed by atoms with E-state index in [1.54, 1.807) is 0 Å². The molecule has 0 bridgehead atoms. The van der Waals surface area contributed by atoms with Crippen LogP contribution in [-0.4, -0.2) is 42.7 Å². The van der Waals surface area contributed by atoms with Crippen molar-refractivity contribution in [2.45, 2.75) is 64.8 Å². The predicted octanol–water partition coefficient (Wildman–Crippen LogP) is 4.69. The molecule has 0 amide bonds. The van der Waals surface area contributed by atoms with Gasteiger partial charge in [-0.05, 0) is 44.4 Å². The van der Waals surface area contributed by atoms with E-state index in [2.05, 4.69) is 33.5 Å². The first-order chi connectivity index (χ1) is 12.9. The maximum absolute atomic E-state index is 12.3. The standard InChI is InChI=1S/C20H31F3N4.HI/c1-3-24-19(25-12-11-20(21,22)23)26-14-17-9-4-5-10-18(17)15-27-13-7-6-8-16(27)2;/h4-5,9-10,16H,3,6-8,11-15H2,1-2H3,(H2,24,25,26);1H. The van der Waals surface area contributed by atoms with Gasteiger partial charge in [0, 0.05) is 25.7 Å². The first-order valence-electron chi connectivity index (χ1n) is 9.79. The molecule has 1 aliphatic heterocycles. The van der Waals surface area contributed by atoms with Crippen molar-refractivity contribution in [3.63, 3.8) is 0 Å². The third-order valence-electron chi connectivity index (χ3n) is 4.89. The van der Waals surface area contributed by atoms with E-state index in [9.17, 15) is 13.2 Å². The van der Waals surface area contributed by atoms with Gasteiger partial charge in [0.2, 0.25) is 0 Å². The van der Waals surface area contributed by atoms with Crippen LogP contribution in [-0.2, 0) is 13.1 Å². The summed E-state index contributed by atoms with van der Waals surface area (Å²) in [5.74, 6) is 0.419. The molecule has 8 heteroatoms. The Hall–Kier alpha value is -1.03. The quantitative estimate of drug-likeness (QED) is 0.317. The number of nitrogens with one attached hydrogen (secondary N) is 2. The van der Waals surface area contributed by atoms with Crippen LogP contribution in [0.15, 0.2) is 29.3 Å². The molecule has 1 aliphatic rings. The van der Waals surface area contributed by atoms with Gasteiger partial charge in [0.05, 0.1) is 13.0 Å². The average Bonchev–Trinajstić information content (AvgIpc) is 2.61. The van der Waals surface area contributed by atoms with Crippen molar-refractivity contribution in [2.75, 3.05) is 19.6 Å². The molecule has 0 spiro atoms. The van der Waals surface area contributed by atoms with Gasteiger partial charge in [-0.3, -0.25) is 4.90 Å². The summed E-state index contributed by atoms with van der Waals surface area (Å²) in [5.41, 5.74) is 2.35. The van der Waals surface area contributed by atoms with Gasteiger partial charge in [-0.2, -0.15) is 13.2 Å². The predicted molar refractivity (Wildman–Crippen MR) is 119 cm³/mol. The molecule has 1 fully saturated rings. The molecule has 28 heavy (non-hydrogen) atoms. The lowest BCUT2D eigenvalue weighted by Crippen LogP contribution is -2.39. The maximum atomic E-state index is 12.3. The summed E-state index contributed by atoms with van der Waals surface area (Å²) in [6, 6.07) is 8.77. The molecule has 1 aromatic rings. The molecule has 1 heterocycles. The summed E-state index contributed by atoms with van der Waals surface area (Å²) in [5, 5.41) is 5.77. The monoisotopic (exact) mass is 512 g/mol. The van der Waals surface area contributed by atoms with Crippen LogP contribution in [0.25, 0.3) is 0 Å². The second-order valence-corrected chi connectivity index (χ2v) is 7.07. The molecule has 0 aliphatic carbocycles. The first-order valence-corrected chi connectivity index (χ1v) is 9.79. The molecule has 2 rings (SSSR count). The van der Waals surface area contributed by atoms with Crippen molar-refractivity contribution in [3.05, 3.63) is 35.4 Å². The number of hydrogen-bond donors (Lipinski definition) is 2. The summed E-state index contributed by atoms with van der Waals surface area (Å²) in [6.45, 7) is 7.04. The third kappa shape index (κ3) is 8.98. The minimum Gasteiger partial charge on any atom is -0.357 e. The molecule has 0 aromatic heterocycles. The normalized spacial score (nSPS) is 18.5. The van der Waals surface area contributed by atoms with Gasteiger partial charge in [-0.25, -0.2) is 4.99 Å². The van der Waals surface area contributed by atoms with Gasteiger partial charge < -0.3 is 10.6 Å².